The van der Waals surface area contributed by atoms with Gasteiger partial charge in [0.15, 0.2) is 0 Å². The summed E-state index contributed by atoms with van der Waals surface area (Å²) in [6.45, 7) is 9.61. The molecule has 2 heterocycles. The van der Waals surface area contributed by atoms with Crippen LogP contribution in [-0.4, -0.2) is 21.9 Å². The molecule has 0 radical (unpaired) electrons. The zero-order chi connectivity index (χ0) is 16.6. The Morgan fingerprint density at radius 2 is 1.96 bits per heavy atom. The predicted molar refractivity (Wildman–Crippen MR) is 97.8 cm³/mol. The molecule has 0 fully saturated rings. The van der Waals surface area contributed by atoms with Crippen LogP contribution < -0.4 is 0 Å². The van der Waals surface area contributed by atoms with Crippen LogP contribution in [0, 0.1) is 5.92 Å². The van der Waals surface area contributed by atoms with Crippen molar-refractivity contribution in [2.75, 3.05) is 6.54 Å². The molecule has 23 heavy (non-hydrogen) atoms. The summed E-state index contributed by atoms with van der Waals surface area (Å²) >= 11 is 0. The summed E-state index contributed by atoms with van der Waals surface area (Å²) in [7, 11) is 0. The monoisotopic (exact) mass is 312 g/mol. The van der Waals surface area contributed by atoms with Gasteiger partial charge in [-0.2, -0.15) is 0 Å². The molecule has 1 N–H and O–H groups in total. The molecule has 2 aromatic rings. The van der Waals surface area contributed by atoms with Gasteiger partial charge in [-0.1, -0.05) is 19.9 Å². The van der Waals surface area contributed by atoms with E-state index in [4.69, 9.17) is 4.99 Å². The van der Waals surface area contributed by atoms with Crippen molar-refractivity contribution < 1.29 is 5.11 Å². The van der Waals surface area contributed by atoms with Gasteiger partial charge in [-0.05, 0) is 63.1 Å². The van der Waals surface area contributed by atoms with Crippen molar-refractivity contribution in [3.8, 4) is 5.88 Å². The fourth-order valence-electron chi connectivity index (χ4n) is 3.66. The number of hydrogen-bond donors (Lipinski definition) is 1. The van der Waals surface area contributed by atoms with Crippen LogP contribution in [0.3, 0.4) is 0 Å². The van der Waals surface area contributed by atoms with Crippen LogP contribution in [0.1, 0.15) is 64.1 Å². The van der Waals surface area contributed by atoms with E-state index in [9.17, 15) is 5.11 Å². The van der Waals surface area contributed by atoms with Crippen molar-refractivity contribution in [2.45, 2.75) is 59.4 Å². The van der Waals surface area contributed by atoms with Crippen LogP contribution in [-0.2, 0) is 6.42 Å². The summed E-state index contributed by atoms with van der Waals surface area (Å²) < 4.78 is 2.04. The molecule has 0 aliphatic carbocycles. The van der Waals surface area contributed by atoms with Crippen LogP contribution in [0.15, 0.2) is 23.2 Å². The van der Waals surface area contributed by atoms with Crippen molar-refractivity contribution in [2.24, 2.45) is 10.9 Å². The van der Waals surface area contributed by atoms with Crippen LogP contribution in [0.2, 0.25) is 0 Å². The molecule has 0 saturated carbocycles. The summed E-state index contributed by atoms with van der Waals surface area (Å²) in [4.78, 5) is 4.72. The minimum absolute atomic E-state index is 0.228. The molecule has 0 bridgehead atoms. The molecule has 0 spiro atoms. The van der Waals surface area contributed by atoms with E-state index in [0.29, 0.717) is 11.8 Å². The first kappa shape index (κ1) is 16.1. The van der Waals surface area contributed by atoms with E-state index in [0.717, 1.165) is 54.4 Å². The molecule has 0 atom stereocenters. The van der Waals surface area contributed by atoms with E-state index in [2.05, 4.69) is 45.9 Å². The van der Waals surface area contributed by atoms with Crippen LogP contribution in [0.4, 0.5) is 0 Å². The number of aliphatic imine (C=N–C) groups is 1. The third kappa shape index (κ3) is 3.01. The molecule has 3 heteroatoms. The second kappa shape index (κ2) is 6.38. The van der Waals surface area contributed by atoms with E-state index in [1.807, 2.05) is 4.57 Å². The summed E-state index contributed by atoms with van der Waals surface area (Å²) in [5, 5.41) is 12.1. The van der Waals surface area contributed by atoms with E-state index >= 15 is 0 Å². The highest BCUT2D eigenvalue weighted by Gasteiger charge is 2.23. The molecule has 0 unspecified atom stereocenters. The largest absolute Gasteiger partial charge is 0.494 e. The van der Waals surface area contributed by atoms with Crippen molar-refractivity contribution >= 4 is 16.6 Å². The summed E-state index contributed by atoms with van der Waals surface area (Å²) in [5.41, 5.74) is 4.51. The van der Waals surface area contributed by atoms with Crippen LogP contribution >= 0.6 is 0 Å². The lowest BCUT2D eigenvalue weighted by molar-refractivity contribution is 0.405. The maximum Gasteiger partial charge on any atom is 0.201 e. The fourth-order valence-corrected chi connectivity index (χ4v) is 3.66. The molecular formula is C20H28N2O. The molecule has 1 aromatic carbocycles. The fraction of sp³-hybridized carbons (Fsp3) is 0.550. The highest BCUT2D eigenvalue weighted by molar-refractivity contribution is 6.13. The van der Waals surface area contributed by atoms with Crippen molar-refractivity contribution in [1.29, 1.82) is 0 Å². The number of aromatic nitrogens is 1. The molecule has 3 rings (SSSR count). The third-order valence-electron chi connectivity index (χ3n) is 4.61. The van der Waals surface area contributed by atoms with E-state index in [-0.39, 0.29) is 6.04 Å². The maximum absolute atomic E-state index is 10.9. The first-order chi connectivity index (χ1) is 11.0. The molecule has 1 aliphatic rings. The van der Waals surface area contributed by atoms with Crippen molar-refractivity contribution in [3.63, 3.8) is 0 Å². The lowest BCUT2D eigenvalue weighted by atomic mass is 9.97. The van der Waals surface area contributed by atoms with E-state index in [1.165, 1.54) is 5.56 Å². The summed E-state index contributed by atoms with van der Waals surface area (Å²) in [5.74, 6) is 1.01. The average molecular weight is 312 g/mol. The van der Waals surface area contributed by atoms with Crippen molar-refractivity contribution in [3.05, 3.63) is 29.3 Å². The first-order valence-electron chi connectivity index (χ1n) is 8.88. The number of benzene rings is 1. The molecule has 1 aliphatic heterocycles. The number of nitrogens with zero attached hydrogens (tertiary/aromatic N) is 2. The van der Waals surface area contributed by atoms with Crippen molar-refractivity contribution in [1.82, 2.24) is 4.57 Å². The van der Waals surface area contributed by atoms with Gasteiger partial charge >= 0.3 is 0 Å². The van der Waals surface area contributed by atoms with Gasteiger partial charge in [0.05, 0.1) is 11.1 Å². The lowest BCUT2D eigenvalue weighted by Crippen LogP contribution is -2.08. The first-order valence-corrected chi connectivity index (χ1v) is 8.88. The van der Waals surface area contributed by atoms with Gasteiger partial charge in [-0.3, -0.25) is 4.99 Å². The number of hydrogen-bond acceptors (Lipinski definition) is 2. The van der Waals surface area contributed by atoms with Crippen LogP contribution in [0.5, 0.6) is 5.88 Å². The standard InChI is InChI=1S/C20H28N2O/c1-13(2)11-15-8-9-18-16(12-15)19(17-7-5-6-10-21-17)20(23)22(18)14(3)4/h8-9,12-14,23H,5-7,10-11H2,1-4H3. The average Bonchev–Trinajstić information content (AvgIpc) is 2.79. The highest BCUT2D eigenvalue weighted by Crippen LogP contribution is 2.37. The van der Waals surface area contributed by atoms with Gasteiger partial charge in [-0.25, -0.2) is 0 Å². The number of rotatable bonds is 4. The summed E-state index contributed by atoms with van der Waals surface area (Å²) in [6.07, 6.45) is 4.36. The second-order valence-corrected chi connectivity index (χ2v) is 7.40. The predicted octanol–water partition coefficient (Wildman–Crippen LogP) is 5.10. The maximum atomic E-state index is 10.9. The second-order valence-electron chi connectivity index (χ2n) is 7.40. The smallest absolute Gasteiger partial charge is 0.201 e. The molecule has 3 nitrogen and oxygen atoms in total. The number of aromatic hydroxyl groups is 1. The minimum atomic E-state index is 0.228. The molecule has 1 aromatic heterocycles. The Balaban J connectivity index is 2.22. The minimum Gasteiger partial charge on any atom is -0.494 e. The molecule has 124 valence electrons. The number of fused-ring (bicyclic) bond motifs is 1. The zero-order valence-corrected chi connectivity index (χ0v) is 14.8. The van der Waals surface area contributed by atoms with Gasteiger partial charge in [-0.15, -0.1) is 0 Å². The Morgan fingerprint density at radius 1 is 1.17 bits per heavy atom. The Morgan fingerprint density at radius 3 is 2.57 bits per heavy atom. The van der Waals surface area contributed by atoms with Gasteiger partial charge in [0.25, 0.3) is 0 Å². The third-order valence-corrected chi connectivity index (χ3v) is 4.61. The molecular weight excluding hydrogens is 284 g/mol. The quantitative estimate of drug-likeness (QED) is 0.838. The summed E-state index contributed by atoms with van der Waals surface area (Å²) in [6, 6.07) is 6.86. The normalized spacial score (nSPS) is 15.7. The Bertz CT molecular complexity index is 738. The zero-order valence-electron chi connectivity index (χ0n) is 14.8. The van der Waals surface area contributed by atoms with Gasteiger partial charge in [0.2, 0.25) is 5.88 Å². The van der Waals surface area contributed by atoms with Gasteiger partial charge < -0.3 is 9.67 Å². The highest BCUT2D eigenvalue weighted by atomic mass is 16.3. The van der Waals surface area contributed by atoms with E-state index < -0.39 is 0 Å². The lowest BCUT2D eigenvalue weighted by Gasteiger charge is -2.13. The van der Waals surface area contributed by atoms with Gasteiger partial charge in [0.1, 0.15) is 0 Å². The van der Waals surface area contributed by atoms with E-state index in [1.54, 1.807) is 0 Å². The van der Waals surface area contributed by atoms with Gasteiger partial charge in [0, 0.05) is 23.7 Å². The Hall–Kier alpha value is -1.77. The Kier molecular flexibility index (Phi) is 4.47. The topological polar surface area (TPSA) is 37.5 Å². The molecule has 0 amide bonds. The SMILES string of the molecule is CC(C)Cc1ccc2c(c1)c(C1=NCCCC1)c(O)n2C(C)C. The molecule has 0 saturated heterocycles. The van der Waals surface area contributed by atoms with Crippen LogP contribution in [0.25, 0.3) is 10.9 Å². The Labute approximate surface area is 139 Å².